The Balaban J connectivity index is 2.98. The van der Waals surface area contributed by atoms with Crippen LogP contribution in [0.2, 0.25) is 0 Å². The van der Waals surface area contributed by atoms with Crippen LogP contribution in [0.1, 0.15) is 38.3 Å². The fraction of sp³-hybridized carbons (Fsp3) is 0.600. The van der Waals surface area contributed by atoms with E-state index >= 15 is 0 Å². The summed E-state index contributed by atoms with van der Waals surface area (Å²) in [6.07, 6.45) is 1.42. The fourth-order valence-electron chi connectivity index (χ4n) is 2.86. The Morgan fingerprint density at radius 2 is 1.93 bits per heavy atom. The first kappa shape index (κ1) is 24.8. The number of hydrogen-bond acceptors (Lipinski definition) is 5. The number of ether oxygens (including phenoxy) is 1. The van der Waals surface area contributed by atoms with Gasteiger partial charge in [-0.05, 0) is 57.4 Å². The van der Waals surface area contributed by atoms with Crippen LogP contribution in [-0.2, 0) is 20.7 Å². The van der Waals surface area contributed by atoms with Gasteiger partial charge in [0.05, 0.1) is 12.6 Å². The van der Waals surface area contributed by atoms with Crippen LogP contribution >= 0.6 is 23.2 Å². The van der Waals surface area contributed by atoms with Gasteiger partial charge < -0.3 is 19.7 Å². The number of alkyl halides is 2. The molecule has 1 N–H and O–H groups in total. The number of nitrogens with one attached hydrogen (secondary N) is 1. The molecule has 0 aliphatic carbocycles. The maximum Gasteiger partial charge on any atom is 0.307 e. The zero-order chi connectivity index (χ0) is 21.2. The van der Waals surface area contributed by atoms with Crippen molar-refractivity contribution in [2.45, 2.75) is 52.2 Å². The molecule has 0 saturated heterocycles. The minimum absolute atomic E-state index is 0.165. The molecule has 0 aliphatic rings. The summed E-state index contributed by atoms with van der Waals surface area (Å²) in [5, 5.41) is 3.01. The Hall–Kier alpha value is -1.24. The van der Waals surface area contributed by atoms with Gasteiger partial charge in [0.1, 0.15) is 5.60 Å². The Kier molecular flexibility index (Phi) is 10.9. The van der Waals surface area contributed by atoms with Gasteiger partial charge in [0.25, 0.3) is 7.41 Å². The number of carbonyl (C=O) groups is 2. The van der Waals surface area contributed by atoms with Gasteiger partial charge in [-0.3, -0.25) is 4.79 Å². The third kappa shape index (κ3) is 9.31. The molecule has 0 fully saturated rings. The highest BCUT2D eigenvalue weighted by Crippen LogP contribution is 2.22. The Morgan fingerprint density at radius 1 is 1.29 bits per heavy atom. The third-order valence-electron chi connectivity index (χ3n) is 4.11. The van der Waals surface area contributed by atoms with E-state index in [9.17, 15) is 9.59 Å². The van der Waals surface area contributed by atoms with Gasteiger partial charge in [-0.1, -0.05) is 6.07 Å². The number of nitrogens with zero attached hydrogens (tertiary/aromatic N) is 1. The van der Waals surface area contributed by atoms with Gasteiger partial charge in [0.2, 0.25) is 0 Å². The van der Waals surface area contributed by atoms with Crippen molar-refractivity contribution in [3.8, 4) is 0 Å². The normalized spacial score (nSPS) is 12.4. The summed E-state index contributed by atoms with van der Waals surface area (Å²) >= 11 is 11.8. The summed E-state index contributed by atoms with van der Waals surface area (Å²) in [4.78, 5) is 25.2. The molecule has 1 aromatic carbocycles. The van der Waals surface area contributed by atoms with Crippen LogP contribution in [-0.4, -0.2) is 56.1 Å². The molecule has 0 saturated carbocycles. The molecule has 0 amide bonds. The van der Waals surface area contributed by atoms with Gasteiger partial charge in [-0.25, -0.2) is 0 Å². The Morgan fingerprint density at radius 3 is 2.46 bits per heavy atom. The maximum absolute atomic E-state index is 12.3. The van der Waals surface area contributed by atoms with Gasteiger partial charge in [0.15, 0.2) is 0 Å². The topological polar surface area (TPSA) is 58.6 Å². The van der Waals surface area contributed by atoms with E-state index in [1.54, 1.807) is 0 Å². The first-order valence-electron chi connectivity index (χ1n) is 9.41. The summed E-state index contributed by atoms with van der Waals surface area (Å²) in [5.74, 6) is 0.720. The third-order valence-corrected chi connectivity index (χ3v) is 4.44. The number of halogens is 2. The molecule has 0 bridgehead atoms. The average molecular weight is 428 g/mol. The van der Waals surface area contributed by atoms with Crippen LogP contribution in [0, 0.1) is 6.92 Å². The van der Waals surface area contributed by atoms with Gasteiger partial charge in [0, 0.05) is 36.6 Å². The van der Waals surface area contributed by atoms with Crippen molar-refractivity contribution in [2.75, 3.05) is 29.7 Å². The number of carbonyl (C=O) groups excluding carboxylic acids is 2. The SMILES string of the molecule is Cc1ccc(N(CCCl)CCCl)cc1C[C@H](CC(=O)OC(C)(C)C)N[B]C=O. The lowest BCUT2D eigenvalue weighted by Crippen LogP contribution is -2.38. The number of aryl methyl sites for hydroxylation is 1. The van der Waals surface area contributed by atoms with Crippen LogP contribution < -0.4 is 10.1 Å². The second-order valence-electron chi connectivity index (χ2n) is 7.64. The van der Waals surface area contributed by atoms with Crippen molar-refractivity contribution in [1.82, 2.24) is 5.23 Å². The summed E-state index contributed by atoms with van der Waals surface area (Å²) in [7, 11) is 1.32. The predicted octanol–water partition coefficient (Wildman–Crippen LogP) is 3.32. The second-order valence-corrected chi connectivity index (χ2v) is 8.39. The molecular weight excluding hydrogens is 398 g/mol. The molecule has 8 heteroatoms. The van der Waals surface area contributed by atoms with Crippen LogP contribution in [0.4, 0.5) is 5.69 Å². The molecule has 155 valence electrons. The first-order valence-corrected chi connectivity index (χ1v) is 10.5. The zero-order valence-corrected chi connectivity index (χ0v) is 18.6. The smallest absolute Gasteiger partial charge is 0.307 e. The molecule has 0 aromatic heterocycles. The molecule has 1 atom stereocenters. The van der Waals surface area contributed by atoms with Crippen molar-refractivity contribution >= 4 is 48.5 Å². The summed E-state index contributed by atoms with van der Waals surface area (Å²) < 4.78 is 5.42. The van der Waals surface area contributed by atoms with E-state index in [1.165, 1.54) is 7.41 Å². The molecule has 28 heavy (non-hydrogen) atoms. The molecule has 0 unspecified atom stereocenters. The van der Waals surface area contributed by atoms with E-state index in [0.717, 1.165) is 16.8 Å². The molecular formula is C20H30BCl2N2O3. The van der Waals surface area contributed by atoms with Crippen molar-refractivity contribution in [2.24, 2.45) is 0 Å². The van der Waals surface area contributed by atoms with Crippen molar-refractivity contribution in [3.05, 3.63) is 29.3 Å². The summed E-state index contributed by atoms with van der Waals surface area (Å²) in [6.45, 7) is 8.94. The van der Waals surface area contributed by atoms with Crippen LogP contribution in [0.5, 0.6) is 0 Å². The minimum Gasteiger partial charge on any atom is -0.460 e. The monoisotopic (exact) mass is 427 g/mol. The zero-order valence-electron chi connectivity index (χ0n) is 17.1. The highest BCUT2D eigenvalue weighted by atomic mass is 35.5. The lowest BCUT2D eigenvalue weighted by Gasteiger charge is -2.26. The molecule has 0 spiro atoms. The van der Waals surface area contributed by atoms with Crippen LogP contribution in [0.25, 0.3) is 0 Å². The average Bonchev–Trinajstić information content (AvgIpc) is 2.59. The largest absolute Gasteiger partial charge is 0.460 e. The van der Waals surface area contributed by atoms with Crippen molar-refractivity contribution in [1.29, 1.82) is 0 Å². The standard InChI is InChI=1S/C20H30BCl2N2O3/c1-15-5-6-18(25(9-7-22)10-8-23)12-16(15)11-17(24-21-14-26)13-19(27)28-20(2,3)4/h5-6,12,14,17,24H,7-11,13H2,1-4H3/t17-/m1/s1. The van der Waals surface area contributed by atoms with E-state index < -0.39 is 5.60 Å². The fourth-order valence-corrected chi connectivity index (χ4v) is 3.27. The van der Waals surface area contributed by atoms with E-state index in [-0.39, 0.29) is 18.4 Å². The van der Waals surface area contributed by atoms with Crippen molar-refractivity contribution in [3.63, 3.8) is 0 Å². The van der Waals surface area contributed by atoms with Gasteiger partial charge in [-0.15, -0.1) is 23.2 Å². The quantitative estimate of drug-likeness (QED) is 0.240. The highest BCUT2D eigenvalue weighted by molar-refractivity contribution is 6.64. The minimum atomic E-state index is -0.546. The summed E-state index contributed by atoms with van der Waals surface area (Å²) in [5.41, 5.74) is 2.70. The number of benzene rings is 1. The van der Waals surface area contributed by atoms with Crippen molar-refractivity contribution < 1.29 is 14.3 Å². The lowest BCUT2D eigenvalue weighted by atomic mass is 9.91. The number of esters is 1. The summed E-state index contributed by atoms with van der Waals surface area (Å²) in [6, 6.07) is 5.95. The number of rotatable bonds is 12. The van der Waals surface area contributed by atoms with E-state index in [1.807, 2.05) is 39.8 Å². The van der Waals surface area contributed by atoms with E-state index in [2.05, 4.69) is 16.2 Å². The van der Waals surface area contributed by atoms with Crippen LogP contribution in [0.15, 0.2) is 18.2 Å². The van der Waals surface area contributed by atoms with E-state index in [4.69, 9.17) is 27.9 Å². The first-order chi connectivity index (χ1) is 13.2. The Bertz CT molecular complexity index is 632. The highest BCUT2D eigenvalue weighted by Gasteiger charge is 2.21. The molecule has 1 rings (SSSR count). The lowest BCUT2D eigenvalue weighted by molar-refractivity contribution is -0.155. The maximum atomic E-state index is 12.3. The molecule has 0 heterocycles. The predicted molar refractivity (Wildman–Crippen MR) is 118 cm³/mol. The second kappa shape index (κ2) is 12.4. The molecule has 0 aliphatic heterocycles. The number of hydrogen-bond donors (Lipinski definition) is 1. The van der Waals surface area contributed by atoms with E-state index in [0.29, 0.717) is 37.5 Å². The molecule has 5 nitrogen and oxygen atoms in total. The number of anilines is 1. The Labute approximate surface area is 179 Å². The van der Waals surface area contributed by atoms with Gasteiger partial charge in [-0.2, -0.15) is 0 Å². The molecule has 1 aromatic rings. The van der Waals surface area contributed by atoms with Gasteiger partial charge >= 0.3 is 5.97 Å². The molecule has 1 radical (unpaired) electrons. The van der Waals surface area contributed by atoms with Crippen LogP contribution in [0.3, 0.4) is 0 Å².